The maximum absolute atomic E-state index is 5.54. The smallest absolute Gasteiger partial charge is 0.171 e. The van der Waals surface area contributed by atoms with Crippen molar-refractivity contribution in [1.82, 2.24) is 10.2 Å². The number of para-hydroxylation sites is 2. The van der Waals surface area contributed by atoms with Crippen molar-refractivity contribution in [2.75, 3.05) is 12.4 Å². The summed E-state index contributed by atoms with van der Waals surface area (Å²) in [5, 5.41) is 7.45. The van der Waals surface area contributed by atoms with Crippen LogP contribution in [0.1, 0.15) is 31.4 Å². The number of thiocarbonyl (C=S) groups is 1. The Kier molecular flexibility index (Phi) is 5.13. The van der Waals surface area contributed by atoms with Crippen LogP contribution in [0.15, 0.2) is 47.1 Å². The number of anilines is 1. The van der Waals surface area contributed by atoms with E-state index < -0.39 is 0 Å². The average Bonchev–Trinajstić information content (AvgIpc) is 3.22. The minimum atomic E-state index is 0.412. The first-order valence-electron chi connectivity index (χ1n) is 9.21. The van der Waals surface area contributed by atoms with Crippen LogP contribution >= 0.6 is 12.2 Å². The quantitative estimate of drug-likeness (QED) is 0.781. The normalized spacial score (nSPS) is 25.0. The van der Waals surface area contributed by atoms with Crippen LogP contribution in [0.4, 0.5) is 5.69 Å². The first-order chi connectivity index (χ1) is 12.7. The molecule has 0 radical (unpaired) electrons. The fourth-order valence-electron chi connectivity index (χ4n) is 4.32. The Morgan fingerprint density at radius 3 is 2.65 bits per heavy atom. The van der Waals surface area contributed by atoms with Crippen molar-refractivity contribution in [3.05, 3.63) is 48.4 Å². The van der Waals surface area contributed by atoms with Gasteiger partial charge < -0.3 is 19.8 Å². The highest BCUT2D eigenvalue weighted by Crippen LogP contribution is 2.37. The zero-order valence-corrected chi connectivity index (χ0v) is 15.8. The fourth-order valence-corrected chi connectivity index (χ4v) is 4.60. The standard InChI is InChI=1S/C20H25N3O2S/c1-24-19-7-3-2-6-18(19)22-20(26)21-14-11-15-8-9-16(12-14)23(15)13-17-5-4-10-25-17/h2-7,10,14-16H,8-9,11-13H2,1H3,(H2,21,22,26). The van der Waals surface area contributed by atoms with Crippen LogP contribution in [-0.2, 0) is 6.54 Å². The van der Waals surface area contributed by atoms with Crippen molar-refractivity contribution >= 4 is 23.0 Å². The van der Waals surface area contributed by atoms with E-state index in [0.717, 1.165) is 36.6 Å². The van der Waals surface area contributed by atoms with E-state index in [1.165, 1.54) is 12.8 Å². The van der Waals surface area contributed by atoms with Gasteiger partial charge in [-0.2, -0.15) is 0 Å². The van der Waals surface area contributed by atoms with Crippen molar-refractivity contribution in [2.24, 2.45) is 0 Å². The second-order valence-electron chi connectivity index (χ2n) is 7.10. The second kappa shape index (κ2) is 7.68. The molecule has 2 atom stereocenters. The van der Waals surface area contributed by atoms with Crippen molar-refractivity contribution in [3.8, 4) is 5.75 Å². The molecule has 138 valence electrons. The van der Waals surface area contributed by atoms with E-state index >= 15 is 0 Å². The minimum absolute atomic E-state index is 0.412. The number of furan rings is 1. The number of piperidine rings is 1. The summed E-state index contributed by atoms with van der Waals surface area (Å²) in [5.74, 6) is 1.85. The number of rotatable bonds is 5. The minimum Gasteiger partial charge on any atom is -0.495 e. The van der Waals surface area contributed by atoms with Gasteiger partial charge in [-0.25, -0.2) is 0 Å². The number of hydrogen-bond donors (Lipinski definition) is 2. The highest BCUT2D eigenvalue weighted by Gasteiger charge is 2.41. The predicted molar refractivity (Wildman–Crippen MR) is 106 cm³/mol. The first kappa shape index (κ1) is 17.4. The Morgan fingerprint density at radius 1 is 1.19 bits per heavy atom. The molecule has 2 aliphatic rings. The van der Waals surface area contributed by atoms with Crippen LogP contribution in [0.2, 0.25) is 0 Å². The molecule has 26 heavy (non-hydrogen) atoms. The molecular weight excluding hydrogens is 346 g/mol. The summed E-state index contributed by atoms with van der Waals surface area (Å²) in [6, 6.07) is 13.5. The average molecular weight is 372 g/mol. The lowest BCUT2D eigenvalue weighted by Gasteiger charge is -2.39. The summed E-state index contributed by atoms with van der Waals surface area (Å²) in [7, 11) is 1.67. The van der Waals surface area contributed by atoms with E-state index in [4.69, 9.17) is 21.4 Å². The first-order valence-corrected chi connectivity index (χ1v) is 9.62. The zero-order valence-electron chi connectivity index (χ0n) is 15.0. The summed E-state index contributed by atoms with van der Waals surface area (Å²) in [6.07, 6.45) is 6.51. The van der Waals surface area contributed by atoms with E-state index in [2.05, 4.69) is 21.6 Å². The molecule has 5 nitrogen and oxygen atoms in total. The third-order valence-electron chi connectivity index (χ3n) is 5.49. The maximum atomic E-state index is 5.54. The van der Waals surface area contributed by atoms with Gasteiger partial charge in [0.15, 0.2) is 5.11 Å². The molecule has 2 saturated heterocycles. The van der Waals surface area contributed by atoms with Crippen molar-refractivity contribution in [1.29, 1.82) is 0 Å². The van der Waals surface area contributed by atoms with E-state index in [1.807, 2.05) is 30.3 Å². The molecule has 2 bridgehead atoms. The Morgan fingerprint density at radius 2 is 1.96 bits per heavy atom. The fraction of sp³-hybridized carbons (Fsp3) is 0.450. The van der Waals surface area contributed by atoms with Gasteiger partial charge in [-0.1, -0.05) is 12.1 Å². The van der Waals surface area contributed by atoms with Gasteiger partial charge >= 0.3 is 0 Å². The molecule has 2 aromatic rings. The number of ether oxygens (including phenoxy) is 1. The van der Waals surface area contributed by atoms with Gasteiger partial charge in [-0.3, -0.25) is 4.90 Å². The molecular formula is C20H25N3O2S. The summed E-state index contributed by atoms with van der Waals surface area (Å²) in [6.45, 7) is 0.916. The van der Waals surface area contributed by atoms with Gasteiger partial charge in [0, 0.05) is 18.1 Å². The molecule has 6 heteroatoms. The topological polar surface area (TPSA) is 49.7 Å². The number of benzene rings is 1. The van der Waals surface area contributed by atoms with E-state index in [0.29, 0.717) is 23.2 Å². The van der Waals surface area contributed by atoms with Gasteiger partial charge in [0.25, 0.3) is 0 Å². The summed E-state index contributed by atoms with van der Waals surface area (Å²) < 4.78 is 10.9. The SMILES string of the molecule is COc1ccccc1NC(=S)NC1CC2CCC(C1)N2Cc1ccco1. The summed E-state index contributed by atoms with van der Waals surface area (Å²) in [5.41, 5.74) is 0.894. The molecule has 0 amide bonds. The van der Waals surface area contributed by atoms with E-state index in [-0.39, 0.29) is 0 Å². The molecule has 2 aliphatic heterocycles. The summed E-state index contributed by atoms with van der Waals surface area (Å²) in [4.78, 5) is 2.60. The Hall–Kier alpha value is -2.05. The molecule has 1 aromatic heterocycles. The number of hydrogen-bond acceptors (Lipinski definition) is 4. The molecule has 0 aliphatic carbocycles. The molecule has 0 spiro atoms. The molecule has 2 N–H and O–H groups in total. The molecule has 1 aromatic carbocycles. The van der Waals surface area contributed by atoms with Gasteiger partial charge in [0.2, 0.25) is 0 Å². The molecule has 4 rings (SSSR count). The van der Waals surface area contributed by atoms with Gasteiger partial charge in [-0.05, 0) is 62.2 Å². The van der Waals surface area contributed by atoms with Crippen molar-refractivity contribution in [2.45, 2.75) is 50.4 Å². The molecule has 3 heterocycles. The Labute approximate surface area is 159 Å². The highest BCUT2D eigenvalue weighted by atomic mass is 32.1. The third kappa shape index (κ3) is 3.71. The predicted octanol–water partition coefficient (Wildman–Crippen LogP) is 3.77. The monoisotopic (exact) mass is 371 g/mol. The van der Waals surface area contributed by atoms with Crippen molar-refractivity contribution in [3.63, 3.8) is 0 Å². The Balaban J connectivity index is 1.33. The van der Waals surface area contributed by atoms with Crippen LogP contribution in [0.3, 0.4) is 0 Å². The van der Waals surface area contributed by atoms with Crippen LogP contribution in [0.25, 0.3) is 0 Å². The molecule has 0 saturated carbocycles. The third-order valence-corrected chi connectivity index (χ3v) is 5.71. The lowest BCUT2D eigenvalue weighted by molar-refractivity contribution is 0.106. The summed E-state index contributed by atoms with van der Waals surface area (Å²) >= 11 is 5.54. The van der Waals surface area contributed by atoms with Crippen LogP contribution in [-0.4, -0.2) is 35.2 Å². The van der Waals surface area contributed by atoms with Crippen LogP contribution < -0.4 is 15.4 Å². The largest absolute Gasteiger partial charge is 0.495 e. The number of methoxy groups -OCH3 is 1. The maximum Gasteiger partial charge on any atom is 0.171 e. The highest BCUT2D eigenvalue weighted by molar-refractivity contribution is 7.80. The lowest BCUT2D eigenvalue weighted by atomic mass is 9.97. The second-order valence-corrected chi connectivity index (χ2v) is 7.51. The van der Waals surface area contributed by atoms with Gasteiger partial charge in [0.1, 0.15) is 11.5 Å². The van der Waals surface area contributed by atoms with Gasteiger partial charge in [0.05, 0.1) is 25.6 Å². The van der Waals surface area contributed by atoms with Crippen LogP contribution in [0, 0.1) is 0 Å². The molecule has 2 unspecified atom stereocenters. The van der Waals surface area contributed by atoms with Gasteiger partial charge in [-0.15, -0.1) is 0 Å². The van der Waals surface area contributed by atoms with E-state index in [9.17, 15) is 0 Å². The number of fused-ring (bicyclic) bond motifs is 2. The van der Waals surface area contributed by atoms with Crippen LogP contribution in [0.5, 0.6) is 5.75 Å². The van der Waals surface area contributed by atoms with Crippen molar-refractivity contribution < 1.29 is 9.15 Å². The molecule has 2 fully saturated rings. The number of nitrogens with zero attached hydrogens (tertiary/aromatic N) is 1. The lowest BCUT2D eigenvalue weighted by Crippen LogP contribution is -2.50. The number of nitrogens with one attached hydrogen (secondary N) is 2. The Bertz CT molecular complexity index is 735. The zero-order chi connectivity index (χ0) is 17.9. The van der Waals surface area contributed by atoms with E-state index in [1.54, 1.807) is 13.4 Å².